The van der Waals surface area contributed by atoms with E-state index in [1.807, 2.05) is 24.3 Å². The monoisotopic (exact) mass is 376 g/mol. The van der Waals surface area contributed by atoms with Crippen molar-refractivity contribution in [1.29, 1.82) is 0 Å². The number of aliphatic imine (C=N–C) groups is 1. The number of para-hydroxylation sites is 1. The number of hydrogen-bond donors (Lipinski definition) is 1. The zero-order valence-electron chi connectivity index (χ0n) is 15.4. The molecule has 0 bridgehead atoms. The third-order valence-electron chi connectivity index (χ3n) is 6.19. The Bertz CT molecular complexity index is 802. The van der Waals surface area contributed by atoms with E-state index in [2.05, 4.69) is 15.2 Å². The first-order valence-corrected chi connectivity index (χ1v) is 11.2. The van der Waals surface area contributed by atoms with Crippen LogP contribution in [0.25, 0.3) is 0 Å². The second-order valence-corrected chi connectivity index (χ2v) is 9.78. The highest BCUT2D eigenvalue weighted by Crippen LogP contribution is 2.47. The fourth-order valence-electron chi connectivity index (χ4n) is 4.53. The number of benzene rings is 1. The van der Waals surface area contributed by atoms with Crippen LogP contribution in [0.15, 0.2) is 29.3 Å². The zero-order valence-corrected chi connectivity index (χ0v) is 16.3. The van der Waals surface area contributed by atoms with Gasteiger partial charge in [0.25, 0.3) is 0 Å². The van der Waals surface area contributed by atoms with Crippen molar-refractivity contribution in [2.24, 2.45) is 10.4 Å². The van der Waals surface area contributed by atoms with Crippen LogP contribution in [-0.2, 0) is 16.4 Å². The molecule has 1 spiro atoms. The molecule has 2 heterocycles. The molecule has 0 atom stereocenters. The van der Waals surface area contributed by atoms with Crippen LogP contribution in [0.1, 0.15) is 31.2 Å². The molecule has 1 saturated carbocycles. The molecule has 7 heteroatoms. The van der Waals surface area contributed by atoms with Crippen molar-refractivity contribution in [3.8, 4) is 0 Å². The first kappa shape index (κ1) is 17.6. The number of likely N-dealkylation sites (tertiary alicyclic amines) is 1. The number of rotatable bonds is 4. The number of nitrogens with zero attached hydrogens (tertiary/aromatic N) is 3. The molecule has 4 rings (SSSR count). The maximum Gasteiger partial charge on any atom is 0.236 e. The Hall–Kier alpha value is -1.76. The fourth-order valence-corrected chi connectivity index (χ4v) is 5.96. The number of sulfonamides is 1. The molecule has 1 aliphatic carbocycles. The molecule has 0 unspecified atom stereocenters. The highest BCUT2D eigenvalue weighted by Gasteiger charge is 2.43. The van der Waals surface area contributed by atoms with Gasteiger partial charge in [0.2, 0.25) is 10.0 Å². The Balaban J connectivity index is 1.34. The standard InChI is InChI=1S/C19H28N4O2S/c1-20-18(22-13-10-19(15-22)8-4-9-19)21-11-14-26(24,25)23-12-7-16-5-2-3-6-17(16)23/h2-3,5-6H,4,7-15H2,1H3,(H,20,21). The number of anilines is 1. The lowest BCUT2D eigenvalue weighted by atomic mass is 9.68. The lowest BCUT2D eigenvalue weighted by Crippen LogP contribution is -2.45. The van der Waals surface area contributed by atoms with Gasteiger partial charge in [-0.05, 0) is 42.7 Å². The fraction of sp³-hybridized carbons (Fsp3) is 0.632. The van der Waals surface area contributed by atoms with Crippen LogP contribution in [0, 0.1) is 5.41 Å². The summed E-state index contributed by atoms with van der Waals surface area (Å²) in [6, 6.07) is 7.77. The quantitative estimate of drug-likeness (QED) is 0.643. The molecule has 2 fully saturated rings. The summed E-state index contributed by atoms with van der Waals surface area (Å²) >= 11 is 0. The Morgan fingerprint density at radius 1 is 1.23 bits per heavy atom. The maximum absolute atomic E-state index is 12.8. The molecule has 6 nitrogen and oxygen atoms in total. The van der Waals surface area contributed by atoms with Gasteiger partial charge in [0.1, 0.15) is 0 Å². The minimum Gasteiger partial charge on any atom is -0.355 e. The average Bonchev–Trinajstić information content (AvgIpc) is 3.23. The highest BCUT2D eigenvalue weighted by molar-refractivity contribution is 7.92. The third kappa shape index (κ3) is 3.17. The van der Waals surface area contributed by atoms with Crippen molar-refractivity contribution < 1.29 is 8.42 Å². The molecule has 0 amide bonds. The molecule has 1 N–H and O–H groups in total. The summed E-state index contributed by atoms with van der Waals surface area (Å²) < 4.78 is 27.1. The highest BCUT2D eigenvalue weighted by atomic mass is 32.2. The van der Waals surface area contributed by atoms with Gasteiger partial charge in [-0.3, -0.25) is 9.30 Å². The van der Waals surface area contributed by atoms with E-state index < -0.39 is 10.0 Å². The van der Waals surface area contributed by atoms with Gasteiger partial charge in [0.05, 0.1) is 11.4 Å². The summed E-state index contributed by atoms with van der Waals surface area (Å²) in [6.45, 7) is 3.01. The minimum atomic E-state index is -3.32. The van der Waals surface area contributed by atoms with Crippen molar-refractivity contribution in [3.05, 3.63) is 29.8 Å². The first-order valence-electron chi connectivity index (χ1n) is 9.57. The van der Waals surface area contributed by atoms with E-state index in [0.717, 1.165) is 36.7 Å². The van der Waals surface area contributed by atoms with Gasteiger partial charge in [-0.2, -0.15) is 0 Å². The third-order valence-corrected chi connectivity index (χ3v) is 7.96. The van der Waals surface area contributed by atoms with Gasteiger partial charge in [-0.1, -0.05) is 24.6 Å². The Kier molecular flexibility index (Phi) is 4.59. The summed E-state index contributed by atoms with van der Waals surface area (Å²) in [4.78, 5) is 6.66. The predicted octanol–water partition coefficient (Wildman–Crippen LogP) is 1.83. The molecule has 26 heavy (non-hydrogen) atoms. The molecule has 142 valence electrons. The first-order chi connectivity index (χ1) is 12.5. The van der Waals surface area contributed by atoms with Crippen molar-refractivity contribution in [2.75, 3.05) is 43.3 Å². The zero-order chi connectivity index (χ0) is 18.2. The molecule has 1 aromatic carbocycles. The summed E-state index contributed by atoms with van der Waals surface area (Å²) in [5.41, 5.74) is 2.45. The van der Waals surface area contributed by atoms with Gasteiger partial charge >= 0.3 is 0 Å². The summed E-state index contributed by atoms with van der Waals surface area (Å²) in [7, 11) is -1.54. The van der Waals surface area contributed by atoms with Crippen LogP contribution >= 0.6 is 0 Å². The van der Waals surface area contributed by atoms with Gasteiger partial charge < -0.3 is 10.2 Å². The molecule has 0 radical (unpaired) electrons. The molecule has 2 aliphatic heterocycles. The van der Waals surface area contributed by atoms with Crippen molar-refractivity contribution in [2.45, 2.75) is 32.1 Å². The number of fused-ring (bicyclic) bond motifs is 1. The van der Waals surface area contributed by atoms with Crippen molar-refractivity contribution in [1.82, 2.24) is 10.2 Å². The normalized spacial score (nSPS) is 21.8. The van der Waals surface area contributed by atoms with Crippen LogP contribution in [0.2, 0.25) is 0 Å². The summed E-state index contributed by atoms with van der Waals surface area (Å²) in [5.74, 6) is 0.921. The van der Waals surface area contributed by atoms with Gasteiger partial charge in [0, 0.05) is 33.2 Å². The van der Waals surface area contributed by atoms with Crippen LogP contribution in [0.3, 0.4) is 0 Å². The molecule has 1 aromatic rings. The van der Waals surface area contributed by atoms with E-state index in [1.165, 1.54) is 25.7 Å². The van der Waals surface area contributed by atoms with Crippen LogP contribution < -0.4 is 9.62 Å². The van der Waals surface area contributed by atoms with Crippen LogP contribution in [0.5, 0.6) is 0 Å². The Morgan fingerprint density at radius 3 is 2.73 bits per heavy atom. The van der Waals surface area contributed by atoms with Crippen LogP contribution in [0.4, 0.5) is 5.69 Å². The topological polar surface area (TPSA) is 65.0 Å². The van der Waals surface area contributed by atoms with Gasteiger partial charge in [-0.25, -0.2) is 8.42 Å². The molecular weight excluding hydrogens is 348 g/mol. The van der Waals surface area contributed by atoms with E-state index in [9.17, 15) is 8.42 Å². The number of nitrogens with one attached hydrogen (secondary N) is 1. The average molecular weight is 377 g/mol. The lowest BCUT2D eigenvalue weighted by Gasteiger charge is -2.38. The predicted molar refractivity (Wildman–Crippen MR) is 105 cm³/mol. The van der Waals surface area contributed by atoms with Crippen molar-refractivity contribution in [3.63, 3.8) is 0 Å². The van der Waals surface area contributed by atoms with E-state index in [4.69, 9.17) is 0 Å². The van der Waals surface area contributed by atoms with E-state index in [1.54, 1.807) is 11.4 Å². The molecule has 3 aliphatic rings. The van der Waals surface area contributed by atoms with E-state index >= 15 is 0 Å². The summed E-state index contributed by atoms with van der Waals surface area (Å²) in [6.07, 6.45) is 6.01. The SMILES string of the molecule is CN=C(NCCS(=O)(=O)N1CCc2ccccc21)N1CCC2(CCC2)C1. The molecule has 1 saturated heterocycles. The maximum atomic E-state index is 12.8. The smallest absolute Gasteiger partial charge is 0.236 e. The second kappa shape index (κ2) is 6.76. The van der Waals surface area contributed by atoms with Gasteiger partial charge in [0.15, 0.2) is 5.96 Å². The van der Waals surface area contributed by atoms with E-state index in [-0.39, 0.29) is 5.75 Å². The molecule has 0 aromatic heterocycles. The van der Waals surface area contributed by atoms with Crippen LogP contribution in [-0.4, -0.2) is 58.3 Å². The van der Waals surface area contributed by atoms with Gasteiger partial charge in [-0.15, -0.1) is 0 Å². The van der Waals surface area contributed by atoms with Crippen molar-refractivity contribution >= 4 is 21.7 Å². The largest absolute Gasteiger partial charge is 0.355 e. The summed E-state index contributed by atoms with van der Waals surface area (Å²) in [5, 5.41) is 3.27. The Morgan fingerprint density at radius 2 is 2.04 bits per heavy atom. The minimum absolute atomic E-state index is 0.0827. The number of guanidine groups is 1. The second-order valence-electron chi connectivity index (χ2n) is 7.77. The number of hydrogen-bond acceptors (Lipinski definition) is 3. The lowest BCUT2D eigenvalue weighted by molar-refractivity contribution is 0.151. The van der Waals surface area contributed by atoms with E-state index in [0.29, 0.717) is 18.5 Å². The Labute approximate surface area is 156 Å². The molecular formula is C19H28N4O2S.